The SMILES string of the molecule is CCNC(=NCc1cccc(OC)c1)NCc1cn2cc(Br)ccc2n1.I. The molecule has 144 valence electrons. The lowest BCUT2D eigenvalue weighted by atomic mass is 10.2. The number of halogens is 2. The Balaban J connectivity index is 0.00000261. The number of guanidine groups is 1. The highest BCUT2D eigenvalue weighted by Crippen LogP contribution is 2.14. The van der Waals surface area contributed by atoms with E-state index >= 15 is 0 Å². The maximum Gasteiger partial charge on any atom is 0.191 e. The molecule has 6 nitrogen and oxygen atoms in total. The van der Waals surface area contributed by atoms with E-state index in [0.29, 0.717) is 13.1 Å². The van der Waals surface area contributed by atoms with Crippen LogP contribution in [0.1, 0.15) is 18.2 Å². The van der Waals surface area contributed by atoms with Crippen LogP contribution in [0, 0.1) is 0 Å². The van der Waals surface area contributed by atoms with Gasteiger partial charge in [-0.2, -0.15) is 0 Å². The Morgan fingerprint density at radius 3 is 2.85 bits per heavy atom. The van der Waals surface area contributed by atoms with E-state index in [4.69, 9.17) is 4.74 Å². The van der Waals surface area contributed by atoms with Crippen LogP contribution in [0.4, 0.5) is 0 Å². The number of nitrogens with one attached hydrogen (secondary N) is 2. The molecule has 0 spiro atoms. The second-order valence-electron chi connectivity index (χ2n) is 5.75. The van der Waals surface area contributed by atoms with Gasteiger partial charge in [-0.3, -0.25) is 0 Å². The highest BCUT2D eigenvalue weighted by molar-refractivity contribution is 14.0. The number of imidazole rings is 1. The minimum absolute atomic E-state index is 0. The first-order valence-corrected chi connectivity index (χ1v) is 9.25. The molecular formula is C19H23BrIN5O. The Labute approximate surface area is 184 Å². The van der Waals surface area contributed by atoms with E-state index in [1.54, 1.807) is 7.11 Å². The van der Waals surface area contributed by atoms with Gasteiger partial charge < -0.3 is 19.8 Å². The number of hydrogen-bond donors (Lipinski definition) is 2. The van der Waals surface area contributed by atoms with E-state index in [1.165, 1.54) is 0 Å². The molecule has 0 saturated heterocycles. The summed E-state index contributed by atoms with van der Waals surface area (Å²) < 4.78 is 8.28. The zero-order valence-corrected chi connectivity index (χ0v) is 19.2. The van der Waals surface area contributed by atoms with Crippen LogP contribution in [-0.4, -0.2) is 29.0 Å². The third-order valence-corrected chi connectivity index (χ3v) is 4.27. The van der Waals surface area contributed by atoms with Gasteiger partial charge in [0.15, 0.2) is 5.96 Å². The number of methoxy groups -OCH3 is 1. The van der Waals surface area contributed by atoms with Gasteiger partial charge in [0.05, 0.1) is 25.9 Å². The monoisotopic (exact) mass is 543 g/mol. The summed E-state index contributed by atoms with van der Waals surface area (Å²) >= 11 is 3.48. The molecule has 0 bridgehead atoms. The van der Waals surface area contributed by atoms with E-state index < -0.39 is 0 Å². The van der Waals surface area contributed by atoms with Crippen molar-refractivity contribution in [3.8, 4) is 5.75 Å². The van der Waals surface area contributed by atoms with Crippen LogP contribution in [0.15, 0.2) is 58.3 Å². The molecule has 2 N–H and O–H groups in total. The molecule has 3 aromatic rings. The van der Waals surface area contributed by atoms with Crippen molar-refractivity contribution in [1.29, 1.82) is 0 Å². The summed E-state index contributed by atoms with van der Waals surface area (Å²) in [6.45, 7) is 4.02. The summed E-state index contributed by atoms with van der Waals surface area (Å²) in [6.07, 6.45) is 4.01. The Kier molecular flexibility index (Phi) is 8.36. The van der Waals surface area contributed by atoms with E-state index in [2.05, 4.69) is 36.5 Å². The molecule has 0 aliphatic heterocycles. The zero-order chi connectivity index (χ0) is 18.4. The van der Waals surface area contributed by atoms with Crippen LogP contribution in [0.25, 0.3) is 5.65 Å². The first kappa shape index (κ1) is 21.5. The van der Waals surface area contributed by atoms with Crippen molar-refractivity contribution < 1.29 is 4.74 Å². The zero-order valence-electron chi connectivity index (χ0n) is 15.3. The summed E-state index contributed by atoms with van der Waals surface area (Å²) in [4.78, 5) is 9.25. The number of aliphatic imine (C=N–C) groups is 1. The predicted molar refractivity (Wildman–Crippen MR) is 123 cm³/mol. The molecular weight excluding hydrogens is 521 g/mol. The van der Waals surface area contributed by atoms with Crippen molar-refractivity contribution in [2.24, 2.45) is 4.99 Å². The van der Waals surface area contributed by atoms with Gasteiger partial charge in [-0.1, -0.05) is 12.1 Å². The first-order valence-electron chi connectivity index (χ1n) is 8.46. The fourth-order valence-corrected chi connectivity index (χ4v) is 2.91. The topological polar surface area (TPSA) is 63.0 Å². The van der Waals surface area contributed by atoms with Crippen LogP contribution in [0.5, 0.6) is 5.75 Å². The summed E-state index contributed by atoms with van der Waals surface area (Å²) in [5, 5.41) is 6.59. The molecule has 0 aliphatic carbocycles. The second kappa shape index (κ2) is 10.5. The van der Waals surface area contributed by atoms with Crippen LogP contribution >= 0.6 is 39.9 Å². The smallest absolute Gasteiger partial charge is 0.191 e. The normalized spacial score (nSPS) is 11.1. The molecule has 0 aliphatic rings. The van der Waals surface area contributed by atoms with E-state index in [-0.39, 0.29) is 24.0 Å². The molecule has 0 saturated carbocycles. The second-order valence-corrected chi connectivity index (χ2v) is 6.66. The number of nitrogens with zero attached hydrogens (tertiary/aromatic N) is 3. The van der Waals surface area contributed by atoms with Gasteiger partial charge in [0.25, 0.3) is 0 Å². The van der Waals surface area contributed by atoms with E-state index in [9.17, 15) is 0 Å². The molecule has 8 heteroatoms. The number of aromatic nitrogens is 2. The Bertz CT molecular complexity index is 912. The summed E-state index contributed by atoms with van der Waals surface area (Å²) in [5.74, 6) is 1.60. The lowest BCUT2D eigenvalue weighted by Crippen LogP contribution is -2.36. The Morgan fingerprint density at radius 1 is 1.22 bits per heavy atom. The molecule has 27 heavy (non-hydrogen) atoms. The number of fused-ring (bicyclic) bond motifs is 1. The summed E-state index contributed by atoms with van der Waals surface area (Å²) in [6, 6.07) is 11.9. The lowest BCUT2D eigenvalue weighted by molar-refractivity contribution is 0.414. The van der Waals surface area contributed by atoms with E-state index in [1.807, 2.05) is 60.1 Å². The molecule has 0 unspecified atom stereocenters. The van der Waals surface area contributed by atoms with Crippen molar-refractivity contribution in [2.75, 3.05) is 13.7 Å². The summed E-state index contributed by atoms with van der Waals surface area (Å²) in [7, 11) is 1.67. The van der Waals surface area contributed by atoms with E-state index in [0.717, 1.165) is 39.6 Å². The van der Waals surface area contributed by atoms with Crippen molar-refractivity contribution in [1.82, 2.24) is 20.0 Å². The van der Waals surface area contributed by atoms with Crippen molar-refractivity contribution >= 4 is 51.5 Å². The van der Waals surface area contributed by atoms with Crippen LogP contribution in [-0.2, 0) is 13.1 Å². The largest absolute Gasteiger partial charge is 0.497 e. The highest BCUT2D eigenvalue weighted by Gasteiger charge is 2.04. The van der Waals surface area contributed by atoms with Crippen molar-refractivity contribution in [2.45, 2.75) is 20.0 Å². The standard InChI is InChI=1S/C19H22BrN5O.HI/c1-3-21-19(22-10-14-5-4-6-17(9-14)26-2)23-11-16-13-25-12-15(20)7-8-18(25)24-16;/h4-9,12-13H,3,10-11H2,1-2H3,(H2,21,22,23);1H. The van der Waals surface area contributed by atoms with Gasteiger partial charge in [0.1, 0.15) is 11.4 Å². The van der Waals surface area contributed by atoms with Crippen molar-refractivity contribution in [3.63, 3.8) is 0 Å². The van der Waals surface area contributed by atoms with Gasteiger partial charge in [0, 0.05) is 23.4 Å². The minimum atomic E-state index is 0. The van der Waals surface area contributed by atoms with Crippen molar-refractivity contribution in [3.05, 3.63) is 64.5 Å². The minimum Gasteiger partial charge on any atom is -0.497 e. The number of hydrogen-bond acceptors (Lipinski definition) is 3. The molecule has 2 heterocycles. The molecule has 0 atom stereocenters. The average molecular weight is 544 g/mol. The molecule has 0 fully saturated rings. The third kappa shape index (κ3) is 6.10. The van der Waals surface area contributed by atoms with Gasteiger partial charge in [-0.15, -0.1) is 24.0 Å². The predicted octanol–water partition coefficient (Wildman–Crippen LogP) is 3.98. The molecule has 2 aromatic heterocycles. The number of rotatable bonds is 6. The Morgan fingerprint density at radius 2 is 2.07 bits per heavy atom. The Hall–Kier alpha value is -1.81. The van der Waals surface area contributed by atoms with Crippen LogP contribution in [0.3, 0.4) is 0 Å². The fourth-order valence-electron chi connectivity index (χ4n) is 2.56. The number of pyridine rings is 1. The van der Waals surface area contributed by atoms with Gasteiger partial charge >= 0.3 is 0 Å². The third-order valence-electron chi connectivity index (χ3n) is 3.80. The quantitative estimate of drug-likeness (QED) is 0.280. The molecule has 3 rings (SSSR count). The molecule has 1 aromatic carbocycles. The van der Waals surface area contributed by atoms with Gasteiger partial charge in [0.2, 0.25) is 0 Å². The number of benzene rings is 1. The molecule has 0 amide bonds. The first-order chi connectivity index (χ1) is 12.7. The maximum absolute atomic E-state index is 5.26. The average Bonchev–Trinajstić information content (AvgIpc) is 3.06. The highest BCUT2D eigenvalue weighted by atomic mass is 127. The van der Waals surface area contributed by atoms with Crippen LogP contribution < -0.4 is 15.4 Å². The lowest BCUT2D eigenvalue weighted by Gasteiger charge is -2.10. The van der Waals surface area contributed by atoms with Gasteiger partial charge in [-0.05, 0) is 52.7 Å². The fraction of sp³-hybridized carbons (Fsp3) is 0.263. The number of ether oxygens (including phenoxy) is 1. The van der Waals surface area contributed by atoms with Crippen LogP contribution in [0.2, 0.25) is 0 Å². The summed E-state index contributed by atoms with van der Waals surface area (Å²) in [5.41, 5.74) is 2.97. The molecule has 0 radical (unpaired) electrons. The van der Waals surface area contributed by atoms with Gasteiger partial charge in [-0.25, -0.2) is 9.98 Å². The maximum atomic E-state index is 5.26.